The van der Waals surface area contributed by atoms with Crippen LogP contribution in [0.2, 0.25) is 0 Å². The molecule has 1 aliphatic heterocycles. The fraction of sp³-hybridized carbons (Fsp3) is 0.625. The summed E-state index contributed by atoms with van der Waals surface area (Å²) in [6.45, 7) is 4.77. The van der Waals surface area contributed by atoms with Crippen molar-refractivity contribution in [3.05, 3.63) is 11.5 Å². The van der Waals surface area contributed by atoms with Gasteiger partial charge in [-0.1, -0.05) is 0 Å². The minimum absolute atomic E-state index is 0.676. The van der Waals surface area contributed by atoms with Gasteiger partial charge in [-0.2, -0.15) is 0 Å². The zero-order valence-electron chi connectivity index (χ0n) is 7.30. The molecule has 0 saturated carbocycles. The maximum atomic E-state index is 5.49. The molecular weight excluding hydrogens is 152 g/mol. The lowest BCUT2D eigenvalue weighted by molar-refractivity contribution is 0.720. The Morgan fingerprint density at radius 2 is 2.50 bits per heavy atom. The molecule has 0 saturated heterocycles. The number of fused-ring (bicyclic) bond motifs is 1. The molecule has 1 aromatic heterocycles. The van der Waals surface area contributed by atoms with Crippen LogP contribution in [-0.4, -0.2) is 22.6 Å². The number of anilines is 1. The van der Waals surface area contributed by atoms with Gasteiger partial charge in [0, 0.05) is 19.5 Å². The summed E-state index contributed by atoms with van der Waals surface area (Å²) >= 11 is 0. The first-order chi connectivity index (χ1) is 5.83. The van der Waals surface area contributed by atoms with E-state index >= 15 is 0 Å². The molecule has 0 atom stereocenters. The van der Waals surface area contributed by atoms with Gasteiger partial charge in [-0.25, -0.2) is 4.98 Å². The van der Waals surface area contributed by atoms with Crippen molar-refractivity contribution in [1.82, 2.24) is 9.55 Å². The summed E-state index contributed by atoms with van der Waals surface area (Å²) in [5.41, 5.74) is 6.58. The quantitative estimate of drug-likeness (QED) is 0.656. The summed E-state index contributed by atoms with van der Waals surface area (Å²) < 4.78 is 2.22. The average Bonchev–Trinajstić information content (AvgIpc) is 2.58. The second-order valence-electron chi connectivity index (χ2n) is 3.08. The van der Waals surface area contributed by atoms with E-state index in [9.17, 15) is 0 Å². The Morgan fingerprint density at radius 3 is 3.25 bits per heavy atom. The second-order valence-corrected chi connectivity index (χ2v) is 3.08. The normalized spacial score (nSPS) is 14.5. The van der Waals surface area contributed by atoms with Crippen molar-refractivity contribution in [2.75, 3.05) is 18.4 Å². The Bertz CT molecular complexity index is 289. The highest BCUT2D eigenvalue weighted by molar-refractivity contribution is 5.45. The molecule has 0 bridgehead atoms. The highest BCUT2D eigenvalue weighted by Gasteiger charge is 2.17. The molecule has 0 aromatic carbocycles. The number of rotatable bonds is 2. The minimum atomic E-state index is 0.676. The third-order valence-corrected chi connectivity index (χ3v) is 2.22. The topological polar surface area (TPSA) is 55.9 Å². The highest BCUT2D eigenvalue weighted by atomic mass is 15.2. The fourth-order valence-corrected chi connectivity index (χ4v) is 1.70. The van der Waals surface area contributed by atoms with Crippen molar-refractivity contribution in [1.29, 1.82) is 0 Å². The number of hydrogen-bond donors (Lipinski definition) is 2. The molecule has 0 fully saturated rings. The summed E-state index contributed by atoms with van der Waals surface area (Å²) in [6, 6.07) is 0. The van der Waals surface area contributed by atoms with Gasteiger partial charge in [-0.05, 0) is 13.5 Å². The van der Waals surface area contributed by atoms with E-state index in [1.165, 1.54) is 5.82 Å². The first kappa shape index (κ1) is 7.61. The van der Waals surface area contributed by atoms with Crippen molar-refractivity contribution in [2.24, 2.45) is 5.73 Å². The van der Waals surface area contributed by atoms with Crippen LogP contribution in [-0.2, 0) is 13.0 Å². The molecule has 1 aromatic rings. The van der Waals surface area contributed by atoms with Crippen LogP contribution in [0, 0.1) is 6.92 Å². The van der Waals surface area contributed by atoms with Gasteiger partial charge in [0.1, 0.15) is 11.6 Å². The smallest absolute Gasteiger partial charge is 0.129 e. The van der Waals surface area contributed by atoms with Gasteiger partial charge < -0.3 is 15.6 Å². The standard InChI is InChI=1S/C8H14N4/c1-6-8-10-4-5-12(8)7(11-6)2-3-9/h10H,2-5,9H2,1H3. The van der Waals surface area contributed by atoms with E-state index in [2.05, 4.69) is 14.9 Å². The molecule has 66 valence electrons. The van der Waals surface area contributed by atoms with E-state index in [-0.39, 0.29) is 0 Å². The predicted molar refractivity (Wildman–Crippen MR) is 48.2 cm³/mol. The van der Waals surface area contributed by atoms with E-state index in [4.69, 9.17) is 5.73 Å². The second kappa shape index (κ2) is 2.79. The lowest BCUT2D eigenvalue weighted by Gasteiger charge is -1.99. The molecule has 4 heteroatoms. The molecule has 2 heterocycles. The third kappa shape index (κ3) is 0.992. The number of nitrogens with zero attached hydrogens (tertiary/aromatic N) is 2. The van der Waals surface area contributed by atoms with Gasteiger partial charge in [-0.3, -0.25) is 0 Å². The van der Waals surface area contributed by atoms with Crippen LogP contribution in [0.15, 0.2) is 0 Å². The summed E-state index contributed by atoms with van der Waals surface area (Å²) in [6.07, 6.45) is 0.878. The molecule has 0 unspecified atom stereocenters. The summed E-state index contributed by atoms with van der Waals surface area (Å²) in [5.74, 6) is 2.30. The lowest BCUT2D eigenvalue weighted by Crippen LogP contribution is -2.09. The van der Waals surface area contributed by atoms with Crippen molar-refractivity contribution in [3.8, 4) is 0 Å². The van der Waals surface area contributed by atoms with Crippen LogP contribution < -0.4 is 11.1 Å². The minimum Gasteiger partial charge on any atom is -0.368 e. The van der Waals surface area contributed by atoms with Crippen molar-refractivity contribution >= 4 is 5.82 Å². The molecule has 4 nitrogen and oxygen atoms in total. The van der Waals surface area contributed by atoms with Crippen molar-refractivity contribution in [3.63, 3.8) is 0 Å². The maximum absolute atomic E-state index is 5.49. The zero-order valence-corrected chi connectivity index (χ0v) is 7.30. The number of nitrogens with one attached hydrogen (secondary N) is 1. The van der Waals surface area contributed by atoms with Crippen LogP contribution in [0.1, 0.15) is 11.5 Å². The van der Waals surface area contributed by atoms with Gasteiger partial charge in [0.05, 0.1) is 5.69 Å². The summed E-state index contributed by atoms with van der Waals surface area (Å²) in [5, 5.41) is 3.31. The molecule has 3 N–H and O–H groups in total. The Kier molecular flexibility index (Phi) is 1.77. The number of imidazole rings is 1. The van der Waals surface area contributed by atoms with E-state index in [0.29, 0.717) is 6.54 Å². The summed E-state index contributed by atoms with van der Waals surface area (Å²) in [7, 11) is 0. The maximum Gasteiger partial charge on any atom is 0.129 e. The van der Waals surface area contributed by atoms with Crippen LogP contribution in [0.5, 0.6) is 0 Å². The number of hydrogen-bond acceptors (Lipinski definition) is 3. The number of nitrogens with two attached hydrogens (primary N) is 1. The first-order valence-electron chi connectivity index (χ1n) is 4.33. The van der Waals surface area contributed by atoms with Crippen LogP contribution >= 0.6 is 0 Å². The van der Waals surface area contributed by atoms with Gasteiger partial charge >= 0.3 is 0 Å². The largest absolute Gasteiger partial charge is 0.368 e. The molecule has 0 spiro atoms. The lowest BCUT2D eigenvalue weighted by atomic mass is 10.4. The Hall–Kier alpha value is -1.03. The van der Waals surface area contributed by atoms with E-state index < -0.39 is 0 Å². The van der Waals surface area contributed by atoms with Gasteiger partial charge in [0.2, 0.25) is 0 Å². The third-order valence-electron chi connectivity index (χ3n) is 2.22. The average molecular weight is 166 g/mol. The van der Waals surface area contributed by atoms with Crippen molar-refractivity contribution in [2.45, 2.75) is 19.9 Å². The van der Waals surface area contributed by atoms with Gasteiger partial charge in [0.25, 0.3) is 0 Å². The Morgan fingerprint density at radius 1 is 1.67 bits per heavy atom. The zero-order chi connectivity index (χ0) is 8.55. The van der Waals surface area contributed by atoms with E-state index in [1.54, 1.807) is 0 Å². The van der Waals surface area contributed by atoms with E-state index in [0.717, 1.165) is 31.0 Å². The highest BCUT2D eigenvalue weighted by Crippen LogP contribution is 2.21. The molecule has 12 heavy (non-hydrogen) atoms. The van der Waals surface area contributed by atoms with Crippen LogP contribution in [0.3, 0.4) is 0 Å². The summed E-state index contributed by atoms with van der Waals surface area (Å²) in [4.78, 5) is 4.44. The molecule has 0 aliphatic carbocycles. The number of aromatic nitrogens is 2. The first-order valence-corrected chi connectivity index (χ1v) is 4.33. The van der Waals surface area contributed by atoms with Gasteiger partial charge in [0.15, 0.2) is 0 Å². The van der Waals surface area contributed by atoms with Crippen LogP contribution in [0.4, 0.5) is 5.82 Å². The molecule has 0 radical (unpaired) electrons. The molecular formula is C8H14N4. The molecule has 0 amide bonds. The van der Waals surface area contributed by atoms with Crippen LogP contribution in [0.25, 0.3) is 0 Å². The Balaban J connectivity index is 2.37. The van der Waals surface area contributed by atoms with Gasteiger partial charge in [-0.15, -0.1) is 0 Å². The molecule has 1 aliphatic rings. The predicted octanol–water partition coefficient (Wildman–Crippen LogP) is 0.118. The van der Waals surface area contributed by atoms with Crippen molar-refractivity contribution < 1.29 is 0 Å². The Labute approximate surface area is 71.8 Å². The SMILES string of the molecule is Cc1nc(CCN)n2c1NCC2. The molecule has 2 rings (SSSR count). The van der Waals surface area contributed by atoms with E-state index in [1.807, 2.05) is 6.92 Å². The number of aryl methyl sites for hydroxylation is 1. The fourth-order valence-electron chi connectivity index (χ4n) is 1.70. The monoisotopic (exact) mass is 166 g/mol.